The molecule has 0 aromatic heterocycles. The van der Waals surface area contributed by atoms with Crippen LogP contribution < -0.4 is 4.74 Å². The van der Waals surface area contributed by atoms with E-state index in [0.717, 1.165) is 42.4 Å². The lowest BCUT2D eigenvalue weighted by molar-refractivity contribution is -0.167. The highest BCUT2D eigenvalue weighted by Crippen LogP contribution is 2.71. The molecule has 0 spiro atoms. The SMILES string of the molecule is COCCCCC1C(C)C(O)CC1[C@@]1(C=O)CC2C=C(C(C)C)[C@@]1(C(=O)OCc1ccc(OC)cc1)C2. The van der Waals surface area contributed by atoms with Gasteiger partial charge in [0.1, 0.15) is 24.1 Å². The standard InChI is InChI=1S/C31H44O6/c1-20(2)26-14-23-16-30(19-32,27-15-28(33)21(3)25(27)8-6-7-13-35-4)31(26,17-23)29(34)37-18-22-9-11-24(36-5)12-10-22/h9-12,14,19-21,23,25,27-28,33H,6-8,13,15-18H2,1-5H3/t21?,23?,25?,27?,28?,30-,31+/m0/s1. The highest BCUT2D eigenvalue weighted by atomic mass is 16.5. The number of unbranched alkanes of at least 4 members (excludes halogenated alkanes) is 1. The summed E-state index contributed by atoms with van der Waals surface area (Å²) >= 11 is 0. The number of carbonyl (C=O) groups is 2. The van der Waals surface area contributed by atoms with E-state index in [0.29, 0.717) is 25.9 Å². The first-order valence-electron chi connectivity index (χ1n) is 13.9. The minimum Gasteiger partial charge on any atom is -0.497 e. The van der Waals surface area contributed by atoms with Gasteiger partial charge in [-0.25, -0.2) is 0 Å². The summed E-state index contributed by atoms with van der Waals surface area (Å²) in [5.41, 5.74) is 0.0912. The smallest absolute Gasteiger partial charge is 0.317 e. The van der Waals surface area contributed by atoms with Gasteiger partial charge in [-0.3, -0.25) is 4.79 Å². The summed E-state index contributed by atoms with van der Waals surface area (Å²) in [5.74, 6) is 0.971. The molecule has 0 heterocycles. The van der Waals surface area contributed by atoms with Crippen LogP contribution in [-0.2, 0) is 25.7 Å². The Labute approximate surface area is 221 Å². The predicted molar refractivity (Wildman–Crippen MR) is 142 cm³/mol. The topological polar surface area (TPSA) is 82.1 Å². The molecule has 0 saturated heterocycles. The molecule has 6 nitrogen and oxygen atoms in total. The molecule has 1 aromatic rings. The number of hydrogen-bond donors (Lipinski definition) is 1. The van der Waals surface area contributed by atoms with Gasteiger partial charge in [-0.1, -0.05) is 51.0 Å². The number of aliphatic hydroxyl groups excluding tert-OH is 1. The number of aliphatic hydroxyl groups is 1. The van der Waals surface area contributed by atoms with Crippen LogP contribution in [0.4, 0.5) is 0 Å². The molecule has 5 unspecified atom stereocenters. The molecule has 6 heteroatoms. The number of esters is 1. The van der Waals surface area contributed by atoms with E-state index in [4.69, 9.17) is 14.2 Å². The number of hydrogen-bond acceptors (Lipinski definition) is 6. The fourth-order valence-electron chi connectivity index (χ4n) is 7.92. The highest BCUT2D eigenvalue weighted by Gasteiger charge is 2.72. The Bertz CT molecular complexity index is 984. The second-order valence-electron chi connectivity index (χ2n) is 11.9. The molecular weight excluding hydrogens is 468 g/mol. The van der Waals surface area contributed by atoms with Crippen molar-refractivity contribution in [1.29, 1.82) is 0 Å². The summed E-state index contributed by atoms with van der Waals surface area (Å²) in [5, 5.41) is 11.0. The zero-order valence-corrected chi connectivity index (χ0v) is 23.1. The maximum absolute atomic E-state index is 14.2. The molecular formula is C31H44O6. The summed E-state index contributed by atoms with van der Waals surface area (Å²) in [4.78, 5) is 27.5. The van der Waals surface area contributed by atoms with Crippen molar-refractivity contribution in [1.82, 2.24) is 0 Å². The van der Waals surface area contributed by atoms with Crippen LogP contribution in [0.1, 0.15) is 64.9 Å². The average molecular weight is 513 g/mol. The van der Waals surface area contributed by atoms with E-state index >= 15 is 0 Å². The van der Waals surface area contributed by atoms with Crippen LogP contribution in [0.2, 0.25) is 0 Å². The fourth-order valence-corrected chi connectivity index (χ4v) is 7.92. The van der Waals surface area contributed by atoms with Crippen LogP contribution in [0.5, 0.6) is 5.75 Å². The molecule has 7 atom stereocenters. The first-order chi connectivity index (χ1) is 17.7. The Morgan fingerprint density at radius 3 is 2.51 bits per heavy atom. The predicted octanol–water partition coefficient (Wildman–Crippen LogP) is 5.37. The number of allylic oxidation sites excluding steroid dienone is 1. The minimum absolute atomic E-state index is 0.0569. The normalized spacial score (nSPS) is 34.6. The van der Waals surface area contributed by atoms with E-state index in [-0.39, 0.29) is 42.2 Å². The summed E-state index contributed by atoms with van der Waals surface area (Å²) in [6.45, 7) is 7.17. The highest BCUT2D eigenvalue weighted by molar-refractivity contribution is 5.89. The fraction of sp³-hybridized carbons (Fsp3) is 0.677. The summed E-state index contributed by atoms with van der Waals surface area (Å²) in [6, 6.07) is 7.50. The molecule has 37 heavy (non-hydrogen) atoms. The van der Waals surface area contributed by atoms with Crippen LogP contribution in [0.25, 0.3) is 0 Å². The summed E-state index contributed by atoms with van der Waals surface area (Å²) < 4.78 is 16.5. The number of ether oxygens (including phenoxy) is 3. The molecule has 0 radical (unpaired) electrons. The van der Waals surface area contributed by atoms with Crippen molar-refractivity contribution in [3.05, 3.63) is 41.5 Å². The van der Waals surface area contributed by atoms with Gasteiger partial charge in [-0.15, -0.1) is 0 Å². The molecule has 3 aliphatic rings. The number of fused-ring (bicyclic) bond motifs is 2. The first-order valence-corrected chi connectivity index (χ1v) is 13.9. The number of carbonyl (C=O) groups excluding carboxylic acids is 2. The van der Waals surface area contributed by atoms with Crippen molar-refractivity contribution in [3.63, 3.8) is 0 Å². The number of aldehydes is 1. The van der Waals surface area contributed by atoms with Gasteiger partial charge in [0.2, 0.25) is 0 Å². The Balaban J connectivity index is 1.67. The largest absolute Gasteiger partial charge is 0.497 e. The van der Waals surface area contributed by atoms with Gasteiger partial charge < -0.3 is 24.1 Å². The van der Waals surface area contributed by atoms with E-state index < -0.39 is 16.9 Å². The van der Waals surface area contributed by atoms with Crippen molar-refractivity contribution in [2.45, 2.75) is 72.0 Å². The molecule has 1 aromatic carbocycles. The molecule has 1 N–H and O–H groups in total. The van der Waals surface area contributed by atoms with E-state index in [1.807, 2.05) is 24.3 Å². The second kappa shape index (κ2) is 11.3. The minimum atomic E-state index is -0.973. The Hall–Kier alpha value is -2.18. The average Bonchev–Trinajstić information content (AvgIpc) is 3.54. The first kappa shape index (κ1) is 27.8. The van der Waals surface area contributed by atoms with E-state index in [1.165, 1.54) is 0 Å². The van der Waals surface area contributed by atoms with Gasteiger partial charge in [0.05, 0.1) is 13.2 Å². The Morgan fingerprint density at radius 2 is 1.89 bits per heavy atom. The van der Waals surface area contributed by atoms with Gasteiger partial charge >= 0.3 is 5.97 Å². The maximum Gasteiger partial charge on any atom is 0.317 e. The van der Waals surface area contributed by atoms with Crippen LogP contribution in [-0.4, -0.2) is 44.3 Å². The lowest BCUT2D eigenvalue weighted by Crippen LogP contribution is -2.53. The zero-order chi connectivity index (χ0) is 26.8. The monoisotopic (exact) mass is 512 g/mol. The lowest BCUT2D eigenvalue weighted by Gasteiger charge is -2.49. The van der Waals surface area contributed by atoms with Gasteiger partial charge in [-0.2, -0.15) is 0 Å². The molecule has 0 aliphatic heterocycles. The quantitative estimate of drug-likeness (QED) is 0.176. The van der Waals surface area contributed by atoms with E-state index in [2.05, 4.69) is 26.8 Å². The van der Waals surface area contributed by atoms with Crippen LogP contribution in [0.15, 0.2) is 35.9 Å². The molecule has 204 valence electrons. The van der Waals surface area contributed by atoms with Crippen molar-refractivity contribution >= 4 is 12.3 Å². The third-order valence-corrected chi connectivity index (χ3v) is 9.67. The summed E-state index contributed by atoms with van der Waals surface area (Å²) in [7, 11) is 3.33. The molecule has 2 fully saturated rings. The third kappa shape index (κ3) is 4.76. The third-order valence-electron chi connectivity index (χ3n) is 9.67. The van der Waals surface area contributed by atoms with Gasteiger partial charge in [0.25, 0.3) is 0 Å². The second-order valence-corrected chi connectivity index (χ2v) is 11.9. The molecule has 3 aliphatic carbocycles. The van der Waals surface area contributed by atoms with Crippen LogP contribution in [0, 0.1) is 40.4 Å². The Kier molecular flexibility index (Phi) is 8.49. The molecule has 2 saturated carbocycles. The lowest BCUT2D eigenvalue weighted by atomic mass is 9.52. The number of benzene rings is 1. The molecule has 0 amide bonds. The Morgan fingerprint density at radius 1 is 1.16 bits per heavy atom. The van der Waals surface area contributed by atoms with Crippen molar-refractivity contribution < 1.29 is 28.9 Å². The van der Waals surface area contributed by atoms with Gasteiger partial charge in [0.15, 0.2) is 0 Å². The van der Waals surface area contributed by atoms with Gasteiger partial charge in [-0.05, 0) is 79.4 Å². The molecule has 4 rings (SSSR count). The zero-order valence-electron chi connectivity index (χ0n) is 23.1. The van der Waals surface area contributed by atoms with Gasteiger partial charge in [0, 0.05) is 19.1 Å². The van der Waals surface area contributed by atoms with Crippen LogP contribution >= 0.6 is 0 Å². The van der Waals surface area contributed by atoms with Crippen molar-refractivity contribution in [2.24, 2.45) is 40.4 Å². The van der Waals surface area contributed by atoms with E-state index in [1.54, 1.807) is 14.2 Å². The van der Waals surface area contributed by atoms with Crippen molar-refractivity contribution in [3.8, 4) is 5.75 Å². The summed E-state index contributed by atoms with van der Waals surface area (Å²) in [6.07, 6.45) is 7.55. The number of rotatable bonds is 12. The van der Waals surface area contributed by atoms with Crippen molar-refractivity contribution in [2.75, 3.05) is 20.8 Å². The number of methoxy groups -OCH3 is 2. The maximum atomic E-state index is 14.2. The molecule has 2 bridgehead atoms. The van der Waals surface area contributed by atoms with E-state index in [9.17, 15) is 14.7 Å². The van der Waals surface area contributed by atoms with Crippen LogP contribution in [0.3, 0.4) is 0 Å².